The maximum atomic E-state index is 14.1. The number of halogens is 1. The van der Waals surface area contributed by atoms with Crippen molar-refractivity contribution in [2.45, 2.75) is 49.9 Å². The second kappa shape index (κ2) is 11.5. The van der Waals surface area contributed by atoms with Crippen LogP contribution in [-0.4, -0.2) is 68.7 Å². The fourth-order valence-electron chi connectivity index (χ4n) is 5.46. The average Bonchev–Trinajstić information content (AvgIpc) is 3.30. The Morgan fingerprint density at radius 3 is 2.56 bits per heavy atom. The molecule has 0 aromatic heterocycles. The van der Waals surface area contributed by atoms with Gasteiger partial charge in [-0.05, 0) is 61.2 Å². The monoisotopic (exact) mass is 577 g/mol. The number of nitrogens with one attached hydrogen (secondary N) is 1. The summed E-state index contributed by atoms with van der Waals surface area (Å²) in [6.07, 6.45) is -1.47. The van der Waals surface area contributed by atoms with Crippen molar-refractivity contribution < 1.29 is 28.6 Å². The van der Waals surface area contributed by atoms with Crippen molar-refractivity contribution in [3.63, 3.8) is 0 Å². The van der Waals surface area contributed by atoms with Gasteiger partial charge in [-0.25, -0.2) is 4.39 Å². The lowest BCUT2D eigenvalue weighted by molar-refractivity contribution is -0.168. The molecule has 2 heterocycles. The molecule has 41 heavy (non-hydrogen) atoms. The Morgan fingerprint density at radius 1 is 1.12 bits per heavy atom. The highest BCUT2D eigenvalue weighted by molar-refractivity contribution is 8.01. The average molecular weight is 578 g/mol. The number of hydrogen-bond acceptors (Lipinski definition) is 6. The minimum absolute atomic E-state index is 0.120. The van der Waals surface area contributed by atoms with E-state index in [2.05, 4.69) is 5.32 Å². The number of nitrogens with zero attached hydrogens (tertiary/aromatic N) is 2. The number of thioether (sulfide) groups is 1. The van der Waals surface area contributed by atoms with Crippen LogP contribution in [0.3, 0.4) is 0 Å². The summed E-state index contributed by atoms with van der Waals surface area (Å²) in [6, 6.07) is 19.1. The van der Waals surface area contributed by atoms with Crippen molar-refractivity contribution in [2.24, 2.45) is 0 Å². The number of aliphatic hydroxyl groups excluding tert-OH is 1. The molecule has 10 heteroatoms. The Hall–Kier alpha value is -3.89. The molecule has 2 saturated heterocycles. The molecule has 0 spiro atoms. The summed E-state index contributed by atoms with van der Waals surface area (Å²) in [5, 5.41) is 14.1. The van der Waals surface area contributed by atoms with Gasteiger partial charge in [0.1, 0.15) is 22.5 Å². The molecule has 3 amide bonds. The number of likely N-dealkylation sites (tertiary alicyclic amines) is 1. The maximum absolute atomic E-state index is 14.1. The molecule has 2 aliphatic heterocycles. The lowest BCUT2D eigenvalue weighted by atomic mass is 9.92. The number of carbonyl (C=O) groups excluding carboxylic acids is 3. The molecule has 1 unspecified atom stereocenters. The van der Waals surface area contributed by atoms with Gasteiger partial charge in [-0.2, -0.15) is 0 Å². The maximum Gasteiger partial charge on any atom is 0.255 e. The molecule has 0 aliphatic carbocycles. The first-order chi connectivity index (χ1) is 19.6. The van der Waals surface area contributed by atoms with Gasteiger partial charge < -0.3 is 25.0 Å². The van der Waals surface area contributed by atoms with Gasteiger partial charge in [-0.1, -0.05) is 48.5 Å². The third-order valence-corrected chi connectivity index (χ3v) is 9.31. The first kappa shape index (κ1) is 28.6. The summed E-state index contributed by atoms with van der Waals surface area (Å²) in [7, 11) is 1.58. The summed E-state index contributed by atoms with van der Waals surface area (Å²) in [6.45, 7) is 3.78. The summed E-state index contributed by atoms with van der Waals surface area (Å²) >= 11 is 1.46. The minimum Gasteiger partial charge on any atom is -0.497 e. The van der Waals surface area contributed by atoms with E-state index in [0.29, 0.717) is 12.3 Å². The Labute approximate surface area is 242 Å². The van der Waals surface area contributed by atoms with E-state index in [-0.39, 0.29) is 29.3 Å². The van der Waals surface area contributed by atoms with Crippen LogP contribution in [0.15, 0.2) is 72.8 Å². The highest BCUT2D eigenvalue weighted by Crippen LogP contribution is 2.51. The van der Waals surface area contributed by atoms with Gasteiger partial charge in [0, 0.05) is 12.1 Å². The van der Waals surface area contributed by atoms with E-state index in [1.807, 2.05) is 61.5 Å². The SMILES string of the molecule is COc1cccc(CN2C(=O)[C@H]3N(C(=O)[C@@H](O)[C@H](Cc4ccccc4)NC(=O)c4cccc(F)c4C)CSC32C)c1. The number of benzene rings is 3. The molecule has 3 aromatic rings. The molecule has 4 atom stereocenters. The topological polar surface area (TPSA) is 99.2 Å². The number of β-lactam (4-membered cyclic amide) rings is 1. The molecule has 214 valence electrons. The predicted molar refractivity (Wildman–Crippen MR) is 154 cm³/mol. The van der Waals surface area contributed by atoms with Gasteiger partial charge in [-0.3, -0.25) is 14.4 Å². The Bertz CT molecular complexity index is 1470. The van der Waals surface area contributed by atoms with Crippen molar-refractivity contribution in [3.8, 4) is 5.75 Å². The van der Waals surface area contributed by atoms with Crippen molar-refractivity contribution in [3.05, 3.63) is 101 Å². The van der Waals surface area contributed by atoms with Crippen LogP contribution in [0.25, 0.3) is 0 Å². The second-order valence-electron chi connectivity index (χ2n) is 10.4. The minimum atomic E-state index is -1.63. The van der Waals surface area contributed by atoms with E-state index < -0.39 is 40.7 Å². The van der Waals surface area contributed by atoms with E-state index in [0.717, 1.165) is 11.1 Å². The molecule has 5 rings (SSSR count). The molecule has 3 aromatic carbocycles. The molecule has 0 saturated carbocycles. The molecule has 0 bridgehead atoms. The molecule has 2 fully saturated rings. The van der Waals surface area contributed by atoms with Crippen molar-refractivity contribution in [2.75, 3.05) is 13.0 Å². The largest absolute Gasteiger partial charge is 0.497 e. The molecule has 2 N–H and O–H groups in total. The lowest BCUT2D eigenvalue weighted by Gasteiger charge is -2.52. The Kier molecular flexibility index (Phi) is 8.06. The summed E-state index contributed by atoms with van der Waals surface area (Å²) in [4.78, 5) is 42.7. The van der Waals surface area contributed by atoms with Crippen LogP contribution in [0.5, 0.6) is 5.75 Å². The predicted octanol–water partition coefficient (Wildman–Crippen LogP) is 3.50. The Morgan fingerprint density at radius 2 is 1.83 bits per heavy atom. The first-order valence-electron chi connectivity index (χ1n) is 13.3. The van der Waals surface area contributed by atoms with Crippen LogP contribution in [0, 0.1) is 12.7 Å². The van der Waals surface area contributed by atoms with Crippen molar-refractivity contribution in [1.82, 2.24) is 15.1 Å². The molecule has 2 aliphatic rings. The number of rotatable bonds is 9. The summed E-state index contributed by atoms with van der Waals surface area (Å²) in [5.74, 6) is -1.07. The van der Waals surface area contributed by atoms with Gasteiger partial charge in [-0.15, -0.1) is 11.8 Å². The quantitative estimate of drug-likeness (QED) is 0.378. The molecular formula is C31H32FN3O5S. The van der Waals surface area contributed by atoms with E-state index in [9.17, 15) is 23.9 Å². The normalized spacial score (nSPS) is 21.1. The number of fused-ring (bicyclic) bond motifs is 1. The second-order valence-corrected chi connectivity index (χ2v) is 11.8. The fourth-order valence-corrected chi connectivity index (χ4v) is 6.83. The summed E-state index contributed by atoms with van der Waals surface area (Å²) in [5.41, 5.74) is 1.99. The van der Waals surface area contributed by atoms with E-state index in [1.165, 1.54) is 41.8 Å². The number of amides is 3. The standard InChI is InChI=1S/C31H32FN3O5S/c1-19-23(13-8-14-24(19)32)28(37)33-25(16-20-9-5-4-6-10-20)26(36)29(38)34-18-41-31(2)27(34)30(39)35(31)17-21-11-7-12-22(15-21)40-3/h4-15,25-27,36H,16-18H2,1-3H3,(H,33,37)/t25-,26-,27+,31?/m0/s1. The molecule has 8 nitrogen and oxygen atoms in total. The van der Waals surface area contributed by atoms with Gasteiger partial charge in [0.25, 0.3) is 11.8 Å². The third-order valence-electron chi connectivity index (χ3n) is 7.87. The van der Waals surface area contributed by atoms with Crippen LogP contribution in [0.4, 0.5) is 4.39 Å². The van der Waals surface area contributed by atoms with Crippen LogP contribution in [0.1, 0.15) is 34.0 Å². The van der Waals surface area contributed by atoms with Gasteiger partial charge in [0.15, 0.2) is 6.10 Å². The zero-order valence-corrected chi connectivity index (χ0v) is 23.9. The van der Waals surface area contributed by atoms with E-state index in [4.69, 9.17) is 4.74 Å². The van der Waals surface area contributed by atoms with Gasteiger partial charge in [0.2, 0.25) is 5.91 Å². The number of ether oxygens (including phenoxy) is 1. The Balaban J connectivity index is 1.34. The van der Waals surface area contributed by atoms with Crippen molar-refractivity contribution in [1.29, 1.82) is 0 Å². The smallest absolute Gasteiger partial charge is 0.255 e. The van der Waals surface area contributed by atoms with Crippen LogP contribution >= 0.6 is 11.8 Å². The zero-order chi connectivity index (χ0) is 29.3. The lowest BCUT2D eigenvalue weighted by Crippen LogP contribution is -2.73. The van der Waals surface area contributed by atoms with Crippen LogP contribution in [-0.2, 0) is 22.6 Å². The summed E-state index contributed by atoms with van der Waals surface area (Å²) < 4.78 is 19.4. The fraction of sp³-hybridized carbons (Fsp3) is 0.323. The number of aliphatic hydroxyl groups is 1. The van der Waals surface area contributed by atoms with Crippen LogP contribution < -0.4 is 10.1 Å². The first-order valence-corrected chi connectivity index (χ1v) is 14.3. The third kappa shape index (κ3) is 5.41. The van der Waals surface area contributed by atoms with E-state index in [1.54, 1.807) is 12.0 Å². The van der Waals surface area contributed by atoms with Gasteiger partial charge >= 0.3 is 0 Å². The van der Waals surface area contributed by atoms with Gasteiger partial charge in [0.05, 0.1) is 19.0 Å². The number of hydrogen-bond donors (Lipinski definition) is 2. The highest BCUT2D eigenvalue weighted by Gasteiger charge is 2.65. The van der Waals surface area contributed by atoms with E-state index >= 15 is 0 Å². The highest BCUT2D eigenvalue weighted by atomic mass is 32.2. The number of carbonyl (C=O) groups is 3. The molecular weight excluding hydrogens is 545 g/mol. The zero-order valence-electron chi connectivity index (χ0n) is 23.0. The van der Waals surface area contributed by atoms with Crippen LogP contribution in [0.2, 0.25) is 0 Å². The number of methoxy groups -OCH3 is 1. The molecule has 0 radical (unpaired) electrons. The van der Waals surface area contributed by atoms with Crippen molar-refractivity contribution >= 4 is 29.5 Å².